The fourth-order valence-electron chi connectivity index (χ4n) is 3.12. The normalized spacial score (nSPS) is 11.0. The molecule has 0 saturated carbocycles. The molecule has 3 nitrogen and oxygen atoms in total. The maximum Gasteiger partial charge on any atom is 0.115 e. The van der Waals surface area contributed by atoms with Gasteiger partial charge in [-0.25, -0.2) is 0 Å². The second kappa shape index (κ2) is 13.3. The summed E-state index contributed by atoms with van der Waals surface area (Å²) in [4.78, 5) is 0. The Labute approximate surface area is 164 Å². The molecule has 3 heteroatoms. The van der Waals surface area contributed by atoms with Crippen molar-refractivity contribution in [2.24, 2.45) is 0 Å². The summed E-state index contributed by atoms with van der Waals surface area (Å²) in [6, 6.07) is 16.2. The molecule has 0 spiro atoms. The third-order valence-corrected chi connectivity index (χ3v) is 4.73. The van der Waals surface area contributed by atoms with Crippen molar-refractivity contribution in [2.45, 2.75) is 51.9 Å². The van der Waals surface area contributed by atoms with E-state index in [9.17, 15) is 5.11 Å². The van der Waals surface area contributed by atoms with Gasteiger partial charge in [0.25, 0.3) is 0 Å². The zero-order valence-electron chi connectivity index (χ0n) is 16.7. The molecule has 0 aliphatic carbocycles. The van der Waals surface area contributed by atoms with Gasteiger partial charge in [-0.15, -0.1) is 0 Å². The molecule has 0 fully saturated rings. The number of benzene rings is 2. The predicted molar refractivity (Wildman–Crippen MR) is 112 cm³/mol. The van der Waals surface area contributed by atoms with Gasteiger partial charge in [-0.05, 0) is 55.0 Å². The Balaban J connectivity index is 1.50. The first-order chi connectivity index (χ1) is 13.3. The molecule has 0 heterocycles. The molecule has 0 saturated heterocycles. The van der Waals surface area contributed by atoms with Gasteiger partial charge < -0.3 is 14.6 Å². The molecule has 2 aromatic carbocycles. The lowest BCUT2D eigenvalue weighted by atomic mass is 10.0. The summed E-state index contributed by atoms with van der Waals surface area (Å²) in [5.74, 6) is 0.310. The molecule has 0 aromatic heterocycles. The summed E-state index contributed by atoms with van der Waals surface area (Å²) in [5, 5.41) is 9.38. The Morgan fingerprint density at radius 3 is 1.85 bits per heavy atom. The van der Waals surface area contributed by atoms with E-state index >= 15 is 0 Å². The Kier molecular flexibility index (Phi) is 10.6. The van der Waals surface area contributed by atoms with E-state index in [2.05, 4.69) is 24.3 Å². The number of phenols is 1. The first kappa shape index (κ1) is 21.5. The van der Waals surface area contributed by atoms with Crippen LogP contribution in [0.2, 0.25) is 0 Å². The van der Waals surface area contributed by atoms with Crippen LogP contribution in [0, 0.1) is 0 Å². The van der Waals surface area contributed by atoms with Crippen LogP contribution in [0.4, 0.5) is 0 Å². The van der Waals surface area contributed by atoms with Crippen molar-refractivity contribution in [1.29, 1.82) is 0 Å². The molecular formula is C24H34O3. The highest BCUT2D eigenvalue weighted by molar-refractivity contribution is 5.64. The van der Waals surface area contributed by atoms with Gasteiger partial charge >= 0.3 is 0 Å². The summed E-state index contributed by atoms with van der Waals surface area (Å²) >= 11 is 0. The number of aromatic hydroxyl groups is 1. The molecule has 1 N–H and O–H groups in total. The summed E-state index contributed by atoms with van der Waals surface area (Å²) < 4.78 is 10.8. The van der Waals surface area contributed by atoms with E-state index in [0.717, 1.165) is 38.2 Å². The maximum absolute atomic E-state index is 9.38. The number of rotatable bonds is 14. The Morgan fingerprint density at radius 1 is 0.630 bits per heavy atom. The van der Waals surface area contributed by atoms with Crippen molar-refractivity contribution < 1.29 is 14.6 Å². The standard InChI is InChI=1S/C24H34O3/c1-2-26-19-20-27-18-8-6-4-3-5-7-9-21-10-12-22(13-11-21)23-14-16-24(25)17-15-23/h10-17,25H,2-9,18-20H2,1H3. The molecule has 0 radical (unpaired) electrons. The molecule has 0 bridgehead atoms. The molecule has 2 aromatic rings. The Morgan fingerprint density at radius 2 is 1.19 bits per heavy atom. The zero-order valence-corrected chi connectivity index (χ0v) is 16.7. The summed E-state index contributed by atoms with van der Waals surface area (Å²) in [7, 11) is 0. The number of aryl methyl sites for hydroxylation is 1. The molecule has 0 amide bonds. The van der Waals surface area contributed by atoms with Gasteiger partial charge in [0.15, 0.2) is 0 Å². The van der Waals surface area contributed by atoms with E-state index in [4.69, 9.17) is 9.47 Å². The number of hydrogen-bond acceptors (Lipinski definition) is 3. The predicted octanol–water partition coefficient (Wildman–Crippen LogP) is 6.00. The quantitative estimate of drug-likeness (QED) is 0.415. The van der Waals surface area contributed by atoms with Crippen LogP contribution in [0.25, 0.3) is 11.1 Å². The largest absolute Gasteiger partial charge is 0.508 e. The van der Waals surface area contributed by atoms with E-state index in [0.29, 0.717) is 12.4 Å². The highest BCUT2D eigenvalue weighted by atomic mass is 16.5. The summed E-state index contributed by atoms with van der Waals surface area (Å²) in [6.07, 6.45) is 8.73. The monoisotopic (exact) mass is 370 g/mol. The van der Waals surface area contributed by atoms with Crippen molar-refractivity contribution >= 4 is 0 Å². The smallest absolute Gasteiger partial charge is 0.115 e. The van der Waals surface area contributed by atoms with Gasteiger partial charge in [0, 0.05) is 13.2 Å². The molecule has 0 aliphatic rings. The minimum atomic E-state index is 0.310. The number of hydrogen-bond donors (Lipinski definition) is 1. The molecule has 148 valence electrons. The zero-order chi connectivity index (χ0) is 19.2. The Hall–Kier alpha value is -1.84. The lowest BCUT2D eigenvalue weighted by molar-refractivity contribution is 0.0512. The van der Waals surface area contributed by atoms with Gasteiger partial charge in [0.1, 0.15) is 5.75 Å². The van der Waals surface area contributed by atoms with E-state index in [1.54, 1.807) is 12.1 Å². The van der Waals surface area contributed by atoms with Crippen LogP contribution in [-0.4, -0.2) is 31.5 Å². The fourth-order valence-corrected chi connectivity index (χ4v) is 3.12. The number of phenolic OH excluding ortho intramolecular Hbond substituents is 1. The van der Waals surface area contributed by atoms with Crippen LogP contribution in [0.15, 0.2) is 48.5 Å². The molecule has 2 rings (SSSR count). The van der Waals surface area contributed by atoms with E-state index in [-0.39, 0.29) is 0 Å². The third-order valence-electron chi connectivity index (χ3n) is 4.73. The molecule has 0 aliphatic heterocycles. The first-order valence-electron chi connectivity index (χ1n) is 10.3. The van der Waals surface area contributed by atoms with Gasteiger partial charge in [-0.3, -0.25) is 0 Å². The molecule has 0 atom stereocenters. The lowest BCUT2D eigenvalue weighted by Gasteiger charge is -2.06. The third kappa shape index (κ3) is 9.07. The second-order valence-electron chi connectivity index (χ2n) is 6.92. The Bertz CT molecular complexity index is 605. The maximum atomic E-state index is 9.38. The summed E-state index contributed by atoms with van der Waals surface area (Å²) in [5.41, 5.74) is 3.74. The van der Waals surface area contributed by atoms with Gasteiger partial charge in [-0.1, -0.05) is 62.1 Å². The molecular weight excluding hydrogens is 336 g/mol. The lowest BCUT2D eigenvalue weighted by Crippen LogP contribution is -2.04. The minimum Gasteiger partial charge on any atom is -0.508 e. The SMILES string of the molecule is CCOCCOCCCCCCCCc1ccc(-c2ccc(O)cc2)cc1. The van der Waals surface area contributed by atoms with Crippen LogP contribution in [-0.2, 0) is 15.9 Å². The topological polar surface area (TPSA) is 38.7 Å². The van der Waals surface area contributed by atoms with E-state index in [1.165, 1.54) is 43.2 Å². The van der Waals surface area contributed by atoms with Crippen molar-refractivity contribution in [1.82, 2.24) is 0 Å². The van der Waals surface area contributed by atoms with Crippen molar-refractivity contribution in [3.8, 4) is 16.9 Å². The molecule has 0 unspecified atom stereocenters. The van der Waals surface area contributed by atoms with Crippen LogP contribution in [0.5, 0.6) is 5.75 Å². The van der Waals surface area contributed by atoms with Gasteiger partial charge in [-0.2, -0.15) is 0 Å². The fraction of sp³-hybridized carbons (Fsp3) is 0.500. The highest BCUT2D eigenvalue weighted by Crippen LogP contribution is 2.22. The van der Waals surface area contributed by atoms with Crippen LogP contribution in [0.1, 0.15) is 51.0 Å². The first-order valence-corrected chi connectivity index (χ1v) is 10.3. The van der Waals surface area contributed by atoms with Crippen LogP contribution < -0.4 is 0 Å². The van der Waals surface area contributed by atoms with E-state index in [1.807, 2.05) is 19.1 Å². The van der Waals surface area contributed by atoms with Crippen molar-refractivity contribution in [2.75, 3.05) is 26.4 Å². The van der Waals surface area contributed by atoms with Crippen LogP contribution >= 0.6 is 0 Å². The number of ether oxygens (including phenoxy) is 2. The number of unbranched alkanes of at least 4 members (excludes halogenated alkanes) is 5. The summed E-state index contributed by atoms with van der Waals surface area (Å²) in [6.45, 7) is 5.07. The average Bonchev–Trinajstić information content (AvgIpc) is 2.70. The highest BCUT2D eigenvalue weighted by Gasteiger charge is 1.99. The average molecular weight is 371 g/mol. The van der Waals surface area contributed by atoms with Gasteiger partial charge in [0.05, 0.1) is 13.2 Å². The second-order valence-corrected chi connectivity index (χ2v) is 6.92. The van der Waals surface area contributed by atoms with Crippen molar-refractivity contribution in [3.63, 3.8) is 0 Å². The molecule has 27 heavy (non-hydrogen) atoms. The van der Waals surface area contributed by atoms with Crippen molar-refractivity contribution in [3.05, 3.63) is 54.1 Å². The van der Waals surface area contributed by atoms with Gasteiger partial charge in [0.2, 0.25) is 0 Å². The van der Waals surface area contributed by atoms with E-state index < -0.39 is 0 Å². The minimum absolute atomic E-state index is 0.310. The van der Waals surface area contributed by atoms with Crippen LogP contribution in [0.3, 0.4) is 0 Å².